The summed E-state index contributed by atoms with van der Waals surface area (Å²) in [6.45, 7) is 0.182. The maximum Gasteiger partial charge on any atom is 0.210 e. The molecule has 0 radical (unpaired) electrons. The van der Waals surface area contributed by atoms with Crippen molar-refractivity contribution < 1.29 is 8.42 Å². The summed E-state index contributed by atoms with van der Waals surface area (Å²) in [6, 6.07) is 0. The Kier molecular flexibility index (Phi) is 3.88. The summed E-state index contributed by atoms with van der Waals surface area (Å²) in [7, 11) is -3.41. The van der Waals surface area contributed by atoms with Gasteiger partial charge in [0.2, 0.25) is 10.0 Å². The van der Waals surface area contributed by atoms with Crippen LogP contribution in [-0.4, -0.2) is 26.6 Å². The summed E-state index contributed by atoms with van der Waals surface area (Å²) >= 11 is 0. The van der Waals surface area contributed by atoms with Crippen LogP contribution >= 0.6 is 0 Å². The zero-order chi connectivity index (χ0) is 10.6. The minimum absolute atomic E-state index is 0.125. The normalized spacial score (nSPS) is 20.2. The fourth-order valence-corrected chi connectivity index (χ4v) is 2.00. The number of amidine groups is 1. The number of hydrogen-bond donors (Lipinski definition) is 2. The van der Waals surface area contributed by atoms with Crippen LogP contribution in [0.5, 0.6) is 0 Å². The van der Waals surface area contributed by atoms with Crippen molar-refractivity contribution in [1.82, 2.24) is 0 Å². The fourth-order valence-electron chi connectivity index (χ4n) is 1.65. The first-order valence-electron chi connectivity index (χ1n) is 4.79. The highest BCUT2D eigenvalue weighted by atomic mass is 32.2. The number of aliphatic imine (C=N–C) groups is 1. The molecule has 5 nitrogen and oxygen atoms in total. The number of hydrogen-bond acceptors (Lipinski definition) is 3. The van der Waals surface area contributed by atoms with E-state index in [2.05, 4.69) is 4.99 Å². The van der Waals surface area contributed by atoms with Crippen molar-refractivity contribution in [2.75, 3.05) is 12.3 Å². The van der Waals surface area contributed by atoms with Gasteiger partial charge in [-0.25, -0.2) is 13.6 Å². The van der Waals surface area contributed by atoms with Crippen molar-refractivity contribution in [1.29, 1.82) is 0 Å². The number of primary sulfonamides is 1. The lowest BCUT2D eigenvalue weighted by molar-refractivity contribution is 0.597. The first-order valence-corrected chi connectivity index (χ1v) is 6.51. The SMILES string of the molecule is NC(=NCCS(N)(=O)=O)C1CCCC1. The Labute approximate surface area is 84.6 Å². The molecule has 0 saturated heterocycles. The van der Waals surface area contributed by atoms with Gasteiger partial charge in [0.15, 0.2) is 0 Å². The van der Waals surface area contributed by atoms with Gasteiger partial charge in [-0.3, -0.25) is 4.99 Å². The standard InChI is InChI=1S/C8H17N3O2S/c9-8(7-3-1-2-4-7)11-5-6-14(10,12)13/h7H,1-6H2,(H2,9,11)(H2,10,12,13). The Morgan fingerprint density at radius 2 is 1.93 bits per heavy atom. The van der Waals surface area contributed by atoms with E-state index in [0.717, 1.165) is 12.8 Å². The van der Waals surface area contributed by atoms with Gasteiger partial charge < -0.3 is 5.73 Å². The maximum atomic E-state index is 10.6. The molecule has 0 spiro atoms. The van der Waals surface area contributed by atoms with Crippen LogP contribution in [-0.2, 0) is 10.0 Å². The largest absolute Gasteiger partial charge is 0.387 e. The Hall–Kier alpha value is -0.620. The van der Waals surface area contributed by atoms with E-state index < -0.39 is 10.0 Å². The average Bonchev–Trinajstić information content (AvgIpc) is 2.53. The third kappa shape index (κ3) is 4.06. The van der Waals surface area contributed by atoms with Crippen molar-refractivity contribution in [3.63, 3.8) is 0 Å². The first kappa shape index (κ1) is 11.5. The van der Waals surface area contributed by atoms with Gasteiger partial charge in [0.05, 0.1) is 18.1 Å². The molecule has 4 N–H and O–H groups in total. The van der Waals surface area contributed by atoms with E-state index in [4.69, 9.17) is 10.9 Å². The Bertz CT molecular complexity index is 305. The molecule has 1 aliphatic rings. The van der Waals surface area contributed by atoms with Crippen molar-refractivity contribution in [3.8, 4) is 0 Å². The summed E-state index contributed by atoms with van der Waals surface area (Å²) in [6.07, 6.45) is 4.53. The monoisotopic (exact) mass is 219 g/mol. The summed E-state index contributed by atoms with van der Waals surface area (Å²) in [5.41, 5.74) is 5.72. The molecule has 0 aromatic rings. The smallest absolute Gasteiger partial charge is 0.210 e. The number of nitrogens with two attached hydrogens (primary N) is 2. The molecule has 0 bridgehead atoms. The van der Waals surface area contributed by atoms with Crippen molar-refractivity contribution in [2.45, 2.75) is 25.7 Å². The molecule has 0 aromatic heterocycles. The predicted molar refractivity (Wildman–Crippen MR) is 56.4 cm³/mol. The molecule has 0 amide bonds. The summed E-state index contributed by atoms with van der Waals surface area (Å²) in [5.74, 6) is 0.821. The third-order valence-electron chi connectivity index (χ3n) is 2.44. The van der Waals surface area contributed by atoms with E-state index >= 15 is 0 Å². The van der Waals surface area contributed by atoms with Crippen molar-refractivity contribution in [2.24, 2.45) is 21.8 Å². The molecule has 0 aromatic carbocycles. The van der Waals surface area contributed by atoms with Gasteiger partial charge in [0.1, 0.15) is 0 Å². The van der Waals surface area contributed by atoms with Crippen LogP contribution in [0.3, 0.4) is 0 Å². The molecule has 1 aliphatic carbocycles. The molecular formula is C8H17N3O2S. The van der Waals surface area contributed by atoms with Gasteiger partial charge in [0, 0.05) is 5.92 Å². The van der Waals surface area contributed by atoms with Gasteiger partial charge in [0.25, 0.3) is 0 Å². The van der Waals surface area contributed by atoms with Crippen LogP contribution in [0.2, 0.25) is 0 Å². The van der Waals surface area contributed by atoms with Gasteiger partial charge in [-0.05, 0) is 12.8 Å². The molecule has 1 rings (SSSR count). The summed E-state index contributed by atoms with van der Waals surface area (Å²) in [5, 5.41) is 4.84. The molecule has 0 aliphatic heterocycles. The Morgan fingerprint density at radius 3 is 2.43 bits per heavy atom. The highest BCUT2D eigenvalue weighted by Gasteiger charge is 2.18. The van der Waals surface area contributed by atoms with E-state index in [0.29, 0.717) is 11.8 Å². The first-order chi connectivity index (χ1) is 6.49. The van der Waals surface area contributed by atoms with Gasteiger partial charge in [-0.1, -0.05) is 12.8 Å². The summed E-state index contributed by atoms with van der Waals surface area (Å²) < 4.78 is 21.2. The third-order valence-corrected chi connectivity index (χ3v) is 3.20. The highest BCUT2D eigenvalue weighted by Crippen LogP contribution is 2.24. The van der Waals surface area contributed by atoms with Gasteiger partial charge >= 0.3 is 0 Å². The highest BCUT2D eigenvalue weighted by molar-refractivity contribution is 7.89. The van der Waals surface area contributed by atoms with E-state index in [1.807, 2.05) is 0 Å². The lowest BCUT2D eigenvalue weighted by Crippen LogP contribution is -2.24. The van der Waals surface area contributed by atoms with Gasteiger partial charge in [-0.15, -0.1) is 0 Å². The molecular weight excluding hydrogens is 202 g/mol. The lowest BCUT2D eigenvalue weighted by Gasteiger charge is -2.07. The average molecular weight is 219 g/mol. The predicted octanol–water partition coefficient (Wildman–Crippen LogP) is -0.178. The molecule has 0 heterocycles. The zero-order valence-electron chi connectivity index (χ0n) is 8.15. The summed E-state index contributed by atoms with van der Waals surface area (Å²) in [4.78, 5) is 4.03. The van der Waals surface area contributed by atoms with E-state index in [-0.39, 0.29) is 12.3 Å². The number of sulfonamides is 1. The quantitative estimate of drug-likeness (QED) is 0.507. The molecule has 1 fully saturated rings. The Morgan fingerprint density at radius 1 is 1.36 bits per heavy atom. The van der Waals surface area contributed by atoms with Crippen LogP contribution in [0.15, 0.2) is 4.99 Å². The van der Waals surface area contributed by atoms with Crippen LogP contribution in [0, 0.1) is 5.92 Å². The van der Waals surface area contributed by atoms with Crippen LogP contribution < -0.4 is 10.9 Å². The fraction of sp³-hybridized carbons (Fsp3) is 0.875. The molecule has 1 saturated carbocycles. The second-order valence-electron chi connectivity index (χ2n) is 3.65. The maximum absolute atomic E-state index is 10.6. The van der Waals surface area contributed by atoms with Crippen LogP contribution in [0.25, 0.3) is 0 Å². The minimum Gasteiger partial charge on any atom is -0.387 e. The molecule has 6 heteroatoms. The molecule has 14 heavy (non-hydrogen) atoms. The second kappa shape index (κ2) is 4.75. The van der Waals surface area contributed by atoms with Crippen molar-refractivity contribution in [3.05, 3.63) is 0 Å². The van der Waals surface area contributed by atoms with Gasteiger partial charge in [-0.2, -0.15) is 0 Å². The van der Waals surface area contributed by atoms with E-state index in [1.54, 1.807) is 0 Å². The molecule has 82 valence electrons. The molecule has 0 atom stereocenters. The van der Waals surface area contributed by atoms with Crippen molar-refractivity contribution >= 4 is 15.9 Å². The van der Waals surface area contributed by atoms with Crippen LogP contribution in [0.1, 0.15) is 25.7 Å². The van der Waals surface area contributed by atoms with E-state index in [9.17, 15) is 8.42 Å². The Balaban J connectivity index is 2.36. The molecule has 0 unspecified atom stereocenters. The number of nitrogens with zero attached hydrogens (tertiary/aromatic N) is 1. The topological polar surface area (TPSA) is 98.5 Å². The van der Waals surface area contributed by atoms with E-state index in [1.165, 1.54) is 12.8 Å². The lowest BCUT2D eigenvalue weighted by atomic mass is 10.1. The minimum atomic E-state index is -3.41. The van der Waals surface area contributed by atoms with Crippen LogP contribution in [0.4, 0.5) is 0 Å². The zero-order valence-corrected chi connectivity index (χ0v) is 8.96. The number of rotatable bonds is 4. The second-order valence-corrected chi connectivity index (χ2v) is 5.39.